The quantitative estimate of drug-likeness (QED) is 0.635. The van der Waals surface area contributed by atoms with Crippen LogP contribution in [0.1, 0.15) is 0 Å². The number of anilines is 1. The molecule has 0 saturated carbocycles. The fourth-order valence-electron chi connectivity index (χ4n) is 3.22. The average molecular weight is 411 g/mol. The maximum Gasteiger partial charge on any atom is 0.243 e. The molecule has 1 saturated heterocycles. The fourth-order valence-corrected chi connectivity index (χ4v) is 4.65. The van der Waals surface area contributed by atoms with Gasteiger partial charge in [-0.1, -0.05) is 0 Å². The number of ether oxygens (including phenoxy) is 1. The monoisotopic (exact) mass is 411 g/mol. The minimum Gasteiger partial charge on any atom is -0.497 e. The molecule has 29 heavy (non-hydrogen) atoms. The Hall–Kier alpha value is -3.04. The largest absolute Gasteiger partial charge is 0.497 e. The van der Waals surface area contributed by atoms with E-state index >= 15 is 0 Å². The first kappa shape index (κ1) is 19.3. The lowest BCUT2D eigenvalue weighted by Crippen LogP contribution is -2.48. The molecular weight excluding hydrogens is 390 g/mol. The molecule has 0 N–H and O–H groups in total. The minimum atomic E-state index is -3.53. The van der Waals surface area contributed by atoms with Gasteiger partial charge in [0.25, 0.3) is 0 Å². The van der Waals surface area contributed by atoms with Crippen LogP contribution in [0.5, 0.6) is 5.75 Å². The van der Waals surface area contributed by atoms with Crippen molar-refractivity contribution in [1.29, 1.82) is 0 Å². The van der Waals surface area contributed by atoms with Crippen LogP contribution in [0.3, 0.4) is 0 Å². The van der Waals surface area contributed by atoms with Crippen molar-refractivity contribution in [3.05, 3.63) is 60.9 Å². The third kappa shape index (κ3) is 4.06. The highest BCUT2D eigenvalue weighted by Crippen LogP contribution is 2.23. The molecule has 8 nitrogen and oxygen atoms in total. The highest BCUT2D eigenvalue weighted by Gasteiger charge is 2.29. The first-order valence-corrected chi connectivity index (χ1v) is 10.7. The topological polar surface area (TPSA) is 88.5 Å². The molecule has 2 aromatic heterocycles. The van der Waals surface area contributed by atoms with E-state index in [1.54, 1.807) is 43.8 Å². The van der Waals surface area contributed by atoms with Gasteiger partial charge >= 0.3 is 0 Å². The van der Waals surface area contributed by atoms with Crippen LogP contribution >= 0.6 is 0 Å². The number of nitrogens with zero attached hydrogens (tertiary/aromatic N) is 5. The number of sulfonamides is 1. The SMILES string of the molecule is COc1ccc(S(=O)(=O)N2CCN(c3ccc(-c4ccncc4)nn3)CC2)cc1. The molecule has 9 heteroatoms. The van der Waals surface area contributed by atoms with Crippen molar-refractivity contribution in [2.75, 3.05) is 38.2 Å². The Balaban J connectivity index is 1.42. The zero-order valence-corrected chi connectivity index (χ0v) is 16.8. The molecule has 0 spiro atoms. The number of hydrogen-bond acceptors (Lipinski definition) is 7. The van der Waals surface area contributed by atoms with Crippen LogP contribution in [-0.2, 0) is 10.0 Å². The van der Waals surface area contributed by atoms with Crippen LogP contribution in [0.2, 0.25) is 0 Å². The Bertz CT molecular complexity index is 1050. The lowest BCUT2D eigenvalue weighted by Gasteiger charge is -2.34. The predicted octanol–water partition coefficient (Wildman–Crippen LogP) is 2.06. The second-order valence-electron chi connectivity index (χ2n) is 6.58. The normalized spacial score (nSPS) is 15.3. The number of benzene rings is 1. The summed E-state index contributed by atoms with van der Waals surface area (Å²) in [6.07, 6.45) is 3.43. The van der Waals surface area contributed by atoms with Crippen LogP contribution < -0.4 is 9.64 Å². The van der Waals surface area contributed by atoms with Crippen molar-refractivity contribution in [2.24, 2.45) is 0 Å². The average Bonchev–Trinajstić information content (AvgIpc) is 2.80. The predicted molar refractivity (Wildman–Crippen MR) is 109 cm³/mol. The summed E-state index contributed by atoms with van der Waals surface area (Å²) in [4.78, 5) is 6.32. The van der Waals surface area contributed by atoms with Gasteiger partial charge in [0.05, 0.1) is 17.7 Å². The molecule has 1 aliphatic rings. The smallest absolute Gasteiger partial charge is 0.243 e. The van der Waals surface area contributed by atoms with Crippen molar-refractivity contribution in [1.82, 2.24) is 19.5 Å². The molecule has 0 bridgehead atoms. The Kier molecular flexibility index (Phi) is 5.41. The van der Waals surface area contributed by atoms with E-state index in [1.165, 1.54) is 4.31 Å². The summed E-state index contributed by atoms with van der Waals surface area (Å²) in [7, 11) is -1.98. The number of pyridine rings is 1. The van der Waals surface area contributed by atoms with Crippen molar-refractivity contribution in [2.45, 2.75) is 4.90 Å². The maximum absolute atomic E-state index is 12.9. The van der Waals surface area contributed by atoms with Gasteiger partial charge in [-0.2, -0.15) is 4.31 Å². The standard InChI is InChI=1S/C20H21N5O3S/c1-28-17-2-4-18(5-3-17)29(26,27)25-14-12-24(13-15-25)20-7-6-19(22-23-20)16-8-10-21-11-9-16/h2-11H,12-15H2,1H3. The molecule has 150 valence electrons. The molecule has 0 unspecified atom stereocenters. The third-order valence-electron chi connectivity index (χ3n) is 4.89. The van der Waals surface area contributed by atoms with E-state index in [0.29, 0.717) is 31.9 Å². The van der Waals surface area contributed by atoms with Gasteiger partial charge in [-0.05, 0) is 48.5 Å². The zero-order chi connectivity index (χ0) is 20.3. The number of piperazine rings is 1. The van der Waals surface area contributed by atoms with Crippen LogP contribution in [-0.4, -0.2) is 61.2 Å². The van der Waals surface area contributed by atoms with Crippen molar-refractivity contribution in [3.8, 4) is 17.0 Å². The van der Waals surface area contributed by atoms with E-state index in [4.69, 9.17) is 4.74 Å². The summed E-state index contributed by atoms with van der Waals surface area (Å²) in [6, 6.07) is 14.0. The first-order valence-electron chi connectivity index (χ1n) is 9.21. The molecule has 1 fully saturated rings. The fraction of sp³-hybridized carbons (Fsp3) is 0.250. The van der Waals surface area contributed by atoms with Crippen molar-refractivity contribution >= 4 is 15.8 Å². The first-order chi connectivity index (χ1) is 14.1. The van der Waals surface area contributed by atoms with Gasteiger partial charge in [-0.3, -0.25) is 4.98 Å². The van der Waals surface area contributed by atoms with Gasteiger partial charge in [0.1, 0.15) is 5.75 Å². The van der Waals surface area contributed by atoms with Crippen LogP contribution in [0, 0.1) is 0 Å². The highest BCUT2D eigenvalue weighted by molar-refractivity contribution is 7.89. The molecule has 0 atom stereocenters. The van der Waals surface area contributed by atoms with Gasteiger partial charge in [-0.15, -0.1) is 10.2 Å². The van der Waals surface area contributed by atoms with Gasteiger partial charge in [0.2, 0.25) is 10.0 Å². The highest BCUT2D eigenvalue weighted by atomic mass is 32.2. The molecule has 0 aliphatic carbocycles. The number of methoxy groups -OCH3 is 1. The summed E-state index contributed by atoms with van der Waals surface area (Å²) in [5, 5.41) is 8.61. The van der Waals surface area contributed by atoms with Gasteiger partial charge in [0.15, 0.2) is 5.82 Å². The zero-order valence-electron chi connectivity index (χ0n) is 16.0. The van der Waals surface area contributed by atoms with E-state index in [9.17, 15) is 8.42 Å². The van der Waals surface area contributed by atoms with Crippen molar-refractivity contribution in [3.63, 3.8) is 0 Å². The van der Waals surface area contributed by atoms with Crippen LogP contribution in [0.15, 0.2) is 65.8 Å². The lowest BCUT2D eigenvalue weighted by atomic mass is 10.2. The molecule has 3 aromatic rings. The van der Waals surface area contributed by atoms with E-state index < -0.39 is 10.0 Å². The minimum absolute atomic E-state index is 0.272. The number of aromatic nitrogens is 3. The summed E-state index contributed by atoms with van der Waals surface area (Å²) in [6.45, 7) is 1.89. The Morgan fingerprint density at radius 2 is 1.55 bits per heavy atom. The molecule has 0 radical (unpaired) electrons. The summed E-state index contributed by atoms with van der Waals surface area (Å²) >= 11 is 0. The number of hydrogen-bond donors (Lipinski definition) is 0. The molecule has 1 aromatic carbocycles. The Morgan fingerprint density at radius 1 is 0.862 bits per heavy atom. The van der Waals surface area contributed by atoms with Gasteiger partial charge in [-0.25, -0.2) is 8.42 Å². The number of rotatable bonds is 5. The lowest BCUT2D eigenvalue weighted by molar-refractivity contribution is 0.383. The van der Waals surface area contributed by atoms with E-state index in [1.807, 2.05) is 29.2 Å². The molecule has 3 heterocycles. The molecule has 0 amide bonds. The molecule has 4 rings (SSSR count). The van der Waals surface area contributed by atoms with E-state index in [0.717, 1.165) is 17.1 Å². The van der Waals surface area contributed by atoms with E-state index in [2.05, 4.69) is 15.2 Å². The summed E-state index contributed by atoms with van der Waals surface area (Å²) in [5.41, 5.74) is 1.73. The van der Waals surface area contributed by atoms with Crippen molar-refractivity contribution < 1.29 is 13.2 Å². The second-order valence-corrected chi connectivity index (χ2v) is 8.52. The van der Waals surface area contributed by atoms with Crippen LogP contribution in [0.4, 0.5) is 5.82 Å². The summed E-state index contributed by atoms with van der Waals surface area (Å²) < 4.78 is 32.3. The third-order valence-corrected chi connectivity index (χ3v) is 6.80. The van der Waals surface area contributed by atoms with Gasteiger partial charge in [0, 0.05) is 44.1 Å². The van der Waals surface area contributed by atoms with E-state index in [-0.39, 0.29) is 4.90 Å². The van der Waals surface area contributed by atoms with Crippen LogP contribution in [0.25, 0.3) is 11.3 Å². The molecular formula is C20H21N5O3S. The Morgan fingerprint density at radius 3 is 2.14 bits per heavy atom. The molecule has 1 aliphatic heterocycles. The Labute approximate surface area is 169 Å². The van der Waals surface area contributed by atoms with Gasteiger partial charge < -0.3 is 9.64 Å². The second kappa shape index (κ2) is 8.14. The maximum atomic E-state index is 12.9. The summed E-state index contributed by atoms with van der Waals surface area (Å²) in [5.74, 6) is 1.37.